The molecule has 1 aromatic rings. The SMILES string of the molecule is O=C(OCCN1CCNCC1)C(Br)c1ccccc1. The molecule has 1 saturated heterocycles. The van der Waals surface area contributed by atoms with Crippen LogP contribution in [-0.4, -0.2) is 50.2 Å². The Morgan fingerprint density at radius 2 is 2.00 bits per heavy atom. The van der Waals surface area contributed by atoms with Crippen molar-refractivity contribution in [3.63, 3.8) is 0 Å². The summed E-state index contributed by atoms with van der Waals surface area (Å²) in [6.45, 7) is 5.33. The molecule has 104 valence electrons. The second kappa shape index (κ2) is 7.62. The van der Waals surface area contributed by atoms with Gasteiger partial charge in [0.05, 0.1) is 0 Å². The Bertz CT molecular complexity index is 394. The van der Waals surface area contributed by atoms with Crippen LogP contribution in [0.4, 0.5) is 0 Å². The number of esters is 1. The predicted molar refractivity (Wildman–Crippen MR) is 78.4 cm³/mol. The van der Waals surface area contributed by atoms with Gasteiger partial charge in [-0.25, -0.2) is 0 Å². The van der Waals surface area contributed by atoms with Crippen LogP contribution in [0.5, 0.6) is 0 Å². The van der Waals surface area contributed by atoms with Crippen molar-refractivity contribution in [3.05, 3.63) is 35.9 Å². The van der Waals surface area contributed by atoms with E-state index >= 15 is 0 Å². The summed E-state index contributed by atoms with van der Waals surface area (Å²) in [4.78, 5) is 13.8. The van der Waals surface area contributed by atoms with Crippen molar-refractivity contribution in [3.8, 4) is 0 Å². The minimum absolute atomic E-state index is 0.221. The summed E-state index contributed by atoms with van der Waals surface area (Å²) in [6.07, 6.45) is 0. The number of rotatable bonds is 5. The maximum Gasteiger partial charge on any atom is 0.324 e. The highest BCUT2D eigenvalue weighted by Crippen LogP contribution is 2.23. The largest absolute Gasteiger partial charge is 0.463 e. The molecule has 0 aliphatic carbocycles. The van der Waals surface area contributed by atoms with Crippen molar-refractivity contribution in [1.82, 2.24) is 10.2 Å². The molecule has 1 heterocycles. The Balaban J connectivity index is 1.72. The third-order valence-corrected chi connectivity index (χ3v) is 4.06. The van der Waals surface area contributed by atoms with Gasteiger partial charge in [-0.2, -0.15) is 0 Å². The van der Waals surface area contributed by atoms with Crippen LogP contribution in [0.25, 0.3) is 0 Å². The molecule has 1 fully saturated rings. The molecular weight excluding hydrogens is 308 g/mol. The fourth-order valence-electron chi connectivity index (χ4n) is 2.04. The van der Waals surface area contributed by atoms with Gasteiger partial charge >= 0.3 is 5.97 Å². The van der Waals surface area contributed by atoms with E-state index in [0.29, 0.717) is 6.61 Å². The van der Waals surface area contributed by atoms with Gasteiger partial charge in [-0.3, -0.25) is 9.69 Å². The molecular formula is C14H19BrN2O2. The summed E-state index contributed by atoms with van der Waals surface area (Å²) in [7, 11) is 0. The highest BCUT2D eigenvalue weighted by atomic mass is 79.9. The summed E-state index contributed by atoms with van der Waals surface area (Å²) in [5.74, 6) is -0.221. The van der Waals surface area contributed by atoms with E-state index in [1.165, 1.54) is 0 Å². The van der Waals surface area contributed by atoms with Crippen LogP contribution in [0.1, 0.15) is 10.4 Å². The average Bonchev–Trinajstić information content (AvgIpc) is 2.48. The van der Waals surface area contributed by atoms with Gasteiger partial charge in [-0.15, -0.1) is 0 Å². The lowest BCUT2D eigenvalue weighted by molar-refractivity contribution is -0.143. The topological polar surface area (TPSA) is 41.6 Å². The lowest BCUT2D eigenvalue weighted by Gasteiger charge is -2.26. The second-order valence-corrected chi connectivity index (χ2v) is 5.45. The highest BCUT2D eigenvalue weighted by Gasteiger charge is 2.18. The molecule has 0 bridgehead atoms. The lowest BCUT2D eigenvalue weighted by atomic mass is 10.1. The van der Waals surface area contributed by atoms with E-state index in [1.807, 2.05) is 30.3 Å². The minimum Gasteiger partial charge on any atom is -0.463 e. The molecule has 1 N–H and O–H groups in total. The van der Waals surface area contributed by atoms with Crippen molar-refractivity contribution in [2.75, 3.05) is 39.3 Å². The number of ether oxygens (including phenoxy) is 1. The fraction of sp³-hybridized carbons (Fsp3) is 0.500. The van der Waals surface area contributed by atoms with Crippen LogP contribution in [-0.2, 0) is 9.53 Å². The van der Waals surface area contributed by atoms with Gasteiger partial charge < -0.3 is 10.1 Å². The number of nitrogens with one attached hydrogen (secondary N) is 1. The standard InChI is InChI=1S/C14H19BrN2O2/c15-13(12-4-2-1-3-5-12)14(18)19-11-10-17-8-6-16-7-9-17/h1-5,13,16H,6-11H2. The van der Waals surface area contributed by atoms with Crippen LogP contribution in [0.3, 0.4) is 0 Å². The Kier molecular flexibility index (Phi) is 5.82. The quantitative estimate of drug-likeness (QED) is 0.658. The van der Waals surface area contributed by atoms with E-state index in [9.17, 15) is 4.79 Å². The summed E-state index contributed by atoms with van der Waals surface area (Å²) >= 11 is 3.38. The van der Waals surface area contributed by atoms with Crippen LogP contribution in [0.2, 0.25) is 0 Å². The van der Waals surface area contributed by atoms with Gasteiger partial charge in [0.25, 0.3) is 0 Å². The van der Waals surface area contributed by atoms with E-state index in [-0.39, 0.29) is 10.8 Å². The number of piperazine rings is 1. The first-order chi connectivity index (χ1) is 9.27. The maximum atomic E-state index is 11.9. The Morgan fingerprint density at radius 3 is 2.68 bits per heavy atom. The number of nitrogens with zero attached hydrogens (tertiary/aromatic N) is 1. The number of carbonyl (C=O) groups excluding carboxylic acids is 1. The first-order valence-corrected chi connectivity index (χ1v) is 7.47. The molecule has 5 heteroatoms. The molecule has 1 atom stereocenters. The Labute approximate surface area is 122 Å². The van der Waals surface area contributed by atoms with Crippen molar-refractivity contribution in [2.45, 2.75) is 4.83 Å². The van der Waals surface area contributed by atoms with Crippen LogP contribution in [0, 0.1) is 0 Å². The molecule has 1 aliphatic rings. The van der Waals surface area contributed by atoms with Gasteiger partial charge in [0.2, 0.25) is 0 Å². The van der Waals surface area contributed by atoms with Gasteiger partial charge in [0.1, 0.15) is 11.4 Å². The predicted octanol–water partition coefficient (Wildman–Crippen LogP) is 1.57. The molecule has 0 aromatic heterocycles. The van der Waals surface area contributed by atoms with E-state index < -0.39 is 0 Å². The molecule has 0 amide bonds. The number of hydrogen-bond donors (Lipinski definition) is 1. The Hall–Kier alpha value is -0.910. The van der Waals surface area contributed by atoms with Crippen LogP contribution < -0.4 is 5.32 Å². The van der Waals surface area contributed by atoms with Gasteiger partial charge in [-0.05, 0) is 5.56 Å². The van der Waals surface area contributed by atoms with Crippen molar-refractivity contribution in [1.29, 1.82) is 0 Å². The molecule has 1 aliphatic heterocycles. The van der Waals surface area contributed by atoms with Gasteiger partial charge in [-0.1, -0.05) is 46.3 Å². The molecule has 1 unspecified atom stereocenters. The monoisotopic (exact) mass is 326 g/mol. The first kappa shape index (κ1) is 14.5. The van der Waals surface area contributed by atoms with Crippen molar-refractivity contribution in [2.24, 2.45) is 0 Å². The van der Waals surface area contributed by atoms with Crippen molar-refractivity contribution >= 4 is 21.9 Å². The molecule has 2 rings (SSSR count). The van der Waals surface area contributed by atoms with E-state index in [1.54, 1.807) is 0 Å². The highest BCUT2D eigenvalue weighted by molar-refractivity contribution is 9.09. The Morgan fingerprint density at radius 1 is 1.32 bits per heavy atom. The zero-order valence-corrected chi connectivity index (χ0v) is 12.4. The fourth-order valence-corrected chi connectivity index (χ4v) is 2.48. The number of halogens is 1. The molecule has 0 radical (unpaired) electrons. The number of carbonyl (C=O) groups is 1. The summed E-state index contributed by atoms with van der Waals surface area (Å²) < 4.78 is 5.31. The number of hydrogen-bond acceptors (Lipinski definition) is 4. The average molecular weight is 327 g/mol. The summed E-state index contributed by atoms with van der Waals surface area (Å²) in [5.41, 5.74) is 0.926. The third kappa shape index (κ3) is 4.60. The number of alkyl halides is 1. The van der Waals surface area contributed by atoms with Crippen LogP contribution in [0.15, 0.2) is 30.3 Å². The van der Waals surface area contributed by atoms with E-state index in [2.05, 4.69) is 26.1 Å². The smallest absolute Gasteiger partial charge is 0.324 e. The normalized spacial score (nSPS) is 17.9. The van der Waals surface area contributed by atoms with E-state index in [4.69, 9.17) is 4.74 Å². The van der Waals surface area contributed by atoms with E-state index in [0.717, 1.165) is 38.3 Å². The van der Waals surface area contributed by atoms with Crippen molar-refractivity contribution < 1.29 is 9.53 Å². The second-order valence-electron chi connectivity index (χ2n) is 4.53. The molecule has 1 aromatic carbocycles. The van der Waals surface area contributed by atoms with Gasteiger partial charge in [0.15, 0.2) is 0 Å². The molecule has 0 saturated carbocycles. The molecule has 19 heavy (non-hydrogen) atoms. The first-order valence-electron chi connectivity index (χ1n) is 6.56. The number of benzene rings is 1. The minimum atomic E-state index is -0.378. The van der Waals surface area contributed by atoms with Crippen LogP contribution >= 0.6 is 15.9 Å². The molecule has 0 spiro atoms. The third-order valence-electron chi connectivity index (χ3n) is 3.16. The zero-order valence-electron chi connectivity index (χ0n) is 10.8. The summed E-state index contributed by atoms with van der Waals surface area (Å²) in [5, 5.41) is 3.30. The zero-order chi connectivity index (χ0) is 13.5. The molecule has 4 nitrogen and oxygen atoms in total. The lowest BCUT2D eigenvalue weighted by Crippen LogP contribution is -2.44. The maximum absolute atomic E-state index is 11.9. The summed E-state index contributed by atoms with van der Waals surface area (Å²) in [6, 6.07) is 9.59. The van der Waals surface area contributed by atoms with Gasteiger partial charge in [0, 0.05) is 32.7 Å².